The zero-order valence-corrected chi connectivity index (χ0v) is 11.1. The van der Waals surface area contributed by atoms with Gasteiger partial charge in [-0.15, -0.1) is 11.3 Å². The minimum atomic E-state index is 1.08. The topological polar surface area (TPSA) is 28.2 Å². The molecule has 1 N–H and O–H groups in total. The Bertz CT molecular complexity index is 470. The van der Waals surface area contributed by atoms with E-state index in [9.17, 15) is 0 Å². The Morgan fingerprint density at radius 3 is 2.78 bits per heavy atom. The number of nitrogens with one attached hydrogen (secondary N) is 1. The molecule has 4 heteroatoms. The Morgan fingerprint density at radius 1 is 1.11 bits per heavy atom. The van der Waals surface area contributed by atoms with Gasteiger partial charge in [-0.3, -0.25) is 0 Å². The summed E-state index contributed by atoms with van der Waals surface area (Å²) in [6, 6.07) is 8.77. The summed E-state index contributed by atoms with van der Waals surface area (Å²) >= 11 is 1.69. The fourth-order valence-corrected chi connectivity index (χ4v) is 2.93. The number of rotatable bonds is 2. The van der Waals surface area contributed by atoms with Gasteiger partial charge in [0.1, 0.15) is 5.01 Å². The molecular weight excluding hydrogens is 242 g/mol. The van der Waals surface area contributed by atoms with Crippen molar-refractivity contribution in [1.29, 1.82) is 0 Å². The average Bonchev–Trinajstić information content (AvgIpc) is 2.82. The van der Waals surface area contributed by atoms with Crippen LogP contribution in [0.2, 0.25) is 0 Å². The zero-order chi connectivity index (χ0) is 12.2. The van der Waals surface area contributed by atoms with E-state index in [1.54, 1.807) is 11.3 Å². The average molecular weight is 259 g/mol. The normalized spacial score (nSPS) is 16.6. The van der Waals surface area contributed by atoms with Crippen LogP contribution in [0.1, 0.15) is 6.42 Å². The predicted octanol–water partition coefficient (Wildman–Crippen LogP) is 2.61. The van der Waals surface area contributed by atoms with Crippen molar-refractivity contribution < 1.29 is 0 Å². The molecule has 0 aliphatic carbocycles. The van der Waals surface area contributed by atoms with Gasteiger partial charge in [-0.2, -0.15) is 0 Å². The molecule has 94 valence electrons. The summed E-state index contributed by atoms with van der Waals surface area (Å²) in [6.45, 7) is 4.45. The molecule has 2 aromatic rings. The molecular formula is C14H17N3S. The monoisotopic (exact) mass is 259 g/mol. The highest BCUT2D eigenvalue weighted by atomic mass is 32.1. The number of thiazole rings is 1. The van der Waals surface area contributed by atoms with E-state index in [1.165, 1.54) is 17.7 Å². The first-order chi connectivity index (χ1) is 8.93. The van der Waals surface area contributed by atoms with Crippen LogP contribution in [0.3, 0.4) is 0 Å². The van der Waals surface area contributed by atoms with Gasteiger partial charge in [0, 0.05) is 42.5 Å². The first-order valence-electron chi connectivity index (χ1n) is 6.39. The molecule has 1 aromatic heterocycles. The molecule has 1 aliphatic rings. The maximum absolute atomic E-state index is 4.34. The molecule has 0 bridgehead atoms. The van der Waals surface area contributed by atoms with Crippen molar-refractivity contribution in [3.05, 3.63) is 35.8 Å². The molecule has 0 radical (unpaired) electrons. The van der Waals surface area contributed by atoms with E-state index in [1.807, 2.05) is 11.6 Å². The molecule has 0 amide bonds. The zero-order valence-electron chi connectivity index (χ0n) is 10.3. The van der Waals surface area contributed by atoms with E-state index >= 15 is 0 Å². The van der Waals surface area contributed by atoms with Crippen molar-refractivity contribution in [2.75, 3.05) is 31.1 Å². The Balaban J connectivity index is 1.78. The Hall–Kier alpha value is -1.39. The van der Waals surface area contributed by atoms with E-state index in [-0.39, 0.29) is 0 Å². The first-order valence-corrected chi connectivity index (χ1v) is 7.27. The molecule has 0 unspecified atom stereocenters. The highest BCUT2D eigenvalue weighted by Crippen LogP contribution is 2.24. The number of aromatic nitrogens is 1. The van der Waals surface area contributed by atoms with E-state index in [2.05, 4.69) is 39.5 Å². The third-order valence-electron chi connectivity index (χ3n) is 3.25. The highest BCUT2D eigenvalue weighted by molar-refractivity contribution is 7.13. The lowest BCUT2D eigenvalue weighted by atomic mass is 10.2. The van der Waals surface area contributed by atoms with Gasteiger partial charge in [0.2, 0.25) is 0 Å². The lowest BCUT2D eigenvalue weighted by Crippen LogP contribution is -2.27. The summed E-state index contributed by atoms with van der Waals surface area (Å²) in [4.78, 5) is 6.79. The van der Waals surface area contributed by atoms with Gasteiger partial charge in [0.05, 0.1) is 0 Å². The second-order valence-corrected chi connectivity index (χ2v) is 5.37. The van der Waals surface area contributed by atoms with Crippen LogP contribution in [0.4, 0.5) is 5.69 Å². The number of hydrogen-bond acceptors (Lipinski definition) is 4. The van der Waals surface area contributed by atoms with Crippen LogP contribution in [0.15, 0.2) is 35.8 Å². The number of anilines is 1. The van der Waals surface area contributed by atoms with Crippen molar-refractivity contribution in [2.24, 2.45) is 0 Å². The molecule has 1 saturated heterocycles. The Labute approximate surface area is 111 Å². The summed E-state index contributed by atoms with van der Waals surface area (Å²) in [5.74, 6) is 0. The standard InChI is InChI=1S/C14H17N3S/c1-6-15-7-10-17(9-1)13-4-2-12(3-5-13)14-16-8-11-18-14/h2-5,8,11,15H,1,6-7,9-10H2. The molecule has 1 aliphatic heterocycles. The van der Waals surface area contributed by atoms with Crippen molar-refractivity contribution in [2.45, 2.75) is 6.42 Å². The molecule has 0 atom stereocenters. The van der Waals surface area contributed by atoms with Gasteiger partial charge >= 0.3 is 0 Å². The first kappa shape index (κ1) is 11.7. The van der Waals surface area contributed by atoms with Gasteiger partial charge in [-0.05, 0) is 37.2 Å². The number of benzene rings is 1. The molecule has 2 heterocycles. The van der Waals surface area contributed by atoms with Gasteiger partial charge in [0.15, 0.2) is 0 Å². The van der Waals surface area contributed by atoms with E-state index in [0.717, 1.165) is 31.2 Å². The third kappa shape index (κ3) is 2.54. The smallest absolute Gasteiger partial charge is 0.123 e. The van der Waals surface area contributed by atoms with Gasteiger partial charge in [-0.25, -0.2) is 4.98 Å². The summed E-state index contributed by atoms with van der Waals surface area (Å²) in [5, 5.41) is 6.54. The molecule has 0 spiro atoms. The predicted molar refractivity (Wildman–Crippen MR) is 77.2 cm³/mol. The van der Waals surface area contributed by atoms with Crippen molar-refractivity contribution in [1.82, 2.24) is 10.3 Å². The van der Waals surface area contributed by atoms with Crippen molar-refractivity contribution >= 4 is 17.0 Å². The lowest BCUT2D eigenvalue weighted by Gasteiger charge is -2.22. The largest absolute Gasteiger partial charge is 0.370 e. The van der Waals surface area contributed by atoms with Crippen LogP contribution in [0.25, 0.3) is 10.6 Å². The number of hydrogen-bond donors (Lipinski definition) is 1. The maximum Gasteiger partial charge on any atom is 0.123 e. The van der Waals surface area contributed by atoms with Crippen molar-refractivity contribution in [3.8, 4) is 10.6 Å². The second kappa shape index (κ2) is 5.50. The van der Waals surface area contributed by atoms with Crippen LogP contribution >= 0.6 is 11.3 Å². The van der Waals surface area contributed by atoms with E-state index < -0.39 is 0 Å². The molecule has 1 aromatic carbocycles. The van der Waals surface area contributed by atoms with Gasteiger partial charge in [0.25, 0.3) is 0 Å². The Kier molecular flexibility index (Phi) is 3.57. The van der Waals surface area contributed by atoms with Crippen molar-refractivity contribution in [3.63, 3.8) is 0 Å². The maximum atomic E-state index is 4.34. The minimum Gasteiger partial charge on any atom is -0.370 e. The van der Waals surface area contributed by atoms with E-state index in [0.29, 0.717) is 0 Å². The highest BCUT2D eigenvalue weighted by Gasteiger charge is 2.09. The second-order valence-electron chi connectivity index (χ2n) is 4.47. The number of nitrogens with zero attached hydrogens (tertiary/aromatic N) is 2. The fourth-order valence-electron chi connectivity index (χ4n) is 2.28. The van der Waals surface area contributed by atoms with Crippen LogP contribution in [0, 0.1) is 0 Å². The Morgan fingerprint density at radius 2 is 2.00 bits per heavy atom. The summed E-state index contributed by atoms with van der Waals surface area (Å²) in [6.07, 6.45) is 3.07. The van der Waals surface area contributed by atoms with E-state index in [4.69, 9.17) is 0 Å². The summed E-state index contributed by atoms with van der Waals surface area (Å²) in [7, 11) is 0. The molecule has 3 rings (SSSR count). The molecule has 3 nitrogen and oxygen atoms in total. The van der Waals surface area contributed by atoms with Crippen LogP contribution < -0.4 is 10.2 Å². The summed E-state index contributed by atoms with van der Waals surface area (Å²) in [5.41, 5.74) is 2.53. The van der Waals surface area contributed by atoms with Gasteiger partial charge in [-0.1, -0.05) is 0 Å². The third-order valence-corrected chi connectivity index (χ3v) is 4.07. The molecule has 18 heavy (non-hydrogen) atoms. The van der Waals surface area contributed by atoms with Crippen LogP contribution in [0.5, 0.6) is 0 Å². The lowest BCUT2D eigenvalue weighted by molar-refractivity contribution is 0.724. The fraction of sp³-hybridized carbons (Fsp3) is 0.357. The molecule has 1 fully saturated rings. The van der Waals surface area contributed by atoms with Gasteiger partial charge < -0.3 is 10.2 Å². The minimum absolute atomic E-state index is 1.08. The summed E-state index contributed by atoms with van der Waals surface area (Å²) < 4.78 is 0. The molecule has 0 saturated carbocycles. The van der Waals surface area contributed by atoms with Crippen LogP contribution in [-0.4, -0.2) is 31.2 Å². The van der Waals surface area contributed by atoms with Crippen LogP contribution in [-0.2, 0) is 0 Å². The SMILES string of the molecule is c1csc(-c2ccc(N3CCCNCC3)cc2)n1. The quantitative estimate of drug-likeness (QED) is 0.898.